The van der Waals surface area contributed by atoms with Crippen LogP contribution in [0, 0.1) is 34.9 Å². The van der Waals surface area contributed by atoms with Gasteiger partial charge in [0.15, 0.2) is 0 Å². The van der Waals surface area contributed by atoms with E-state index in [-0.39, 0.29) is 5.95 Å². The maximum Gasteiger partial charge on any atom is 0.315 e. The molecule has 0 aliphatic heterocycles. The largest absolute Gasteiger partial charge is 0.374 e. The Bertz CT molecular complexity index is 591. The molecule has 0 aromatic rings. The highest BCUT2D eigenvalue weighted by Gasteiger charge is 2.23. The molecule has 0 radical (unpaired) electrons. The topological polar surface area (TPSA) is 69.3 Å². The van der Waals surface area contributed by atoms with Crippen molar-refractivity contribution in [3.05, 3.63) is 23.3 Å². The SMILES string of the molecule is CCCCC(CC)CN(CC(CC)CCCC)C1=CC(=C(OC#N)OC#N)CCC1. The number of hydrogen-bond acceptors (Lipinski definition) is 5. The fourth-order valence-electron chi connectivity index (χ4n) is 4.22. The second kappa shape index (κ2) is 15.7. The highest BCUT2D eigenvalue weighted by atomic mass is 16.7. The minimum Gasteiger partial charge on any atom is -0.374 e. The monoisotopic (exact) mass is 415 g/mol. The molecule has 0 N–H and O–H groups in total. The Kier molecular flexibility index (Phi) is 13.5. The normalized spacial score (nSPS) is 15.4. The predicted molar refractivity (Wildman–Crippen MR) is 121 cm³/mol. The van der Waals surface area contributed by atoms with E-state index >= 15 is 0 Å². The van der Waals surface area contributed by atoms with E-state index in [0.717, 1.165) is 37.9 Å². The summed E-state index contributed by atoms with van der Waals surface area (Å²) in [6.07, 6.45) is 18.1. The van der Waals surface area contributed by atoms with Gasteiger partial charge in [-0.2, -0.15) is 0 Å². The fourth-order valence-corrected chi connectivity index (χ4v) is 4.22. The molecule has 0 aromatic carbocycles. The van der Waals surface area contributed by atoms with E-state index in [1.165, 1.54) is 57.1 Å². The molecule has 30 heavy (non-hydrogen) atoms. The number of hydrogen-bond donors (Lipinski definition) is 0. The van der Waals surface area contributed by atoms with Crippen molar-refractivity contribution in [3.63, 3.8) is 0 Å². The van der Waals surface area contributed by atoms with E-state index < -0.39 is 0 Å². The van der Waals surface area contributed by atoms with Gasteiger partial charge in [0, 0.05) is 24.4 Å². The highest BCUT2D eigenvalue weighted by Crippen LogP contribution is 2.30. The zero-order chi connectivity index (χ0) is 22.2. The lowest BCUT2D eigenvalue weighted by molar-refractivity contribution is 0.164. The van der Waals surface area contributed by atoms with Crippen molar-refractivity contribution >= 4 is 0 Å². The van der Waals surface area contributed by atoms with Gasteiger partial charge in [0.2, 0.25) is 0 Å². The van der Waals surface area contributed by atoms with Crippen LogP contribution in [0.4, 0.5) is 0 Å². The molecule has 168 valence electrons. The van der Waals surface area contributed by atoms with Gasteiger partial charge in [-0.25, -0.2) is 0 Å². The first-order valence-corrected chi connectivity index (χ1v) is 11.9. The molecule has 0 saturated carbocycles. The van der Waals surface area contributed by atoms with Crippen LogP contribution in [0.2, 0.25) is 0 Å². The molecule has 1 aliphatic carbocycles. The quantitative estimate of drug-likeness (QED) is 0.213. The lowest BCUT2D eigenvalue weighted by Gasteiger charge is -2.36. The minimum absolute atomic E-state index is 0.0354. The van der Waals surface area contributed by atoms with Crippen LogP contribution >= 0.6 is 0 Å². The lowest BCUT2D eigenvalue weighted by atomic mass is 9.93. The number of nitrogens with zero attached hydrogens (tertiary/aromatic N) is 3. The molecular formula is C25H41N3O2. The Morgan fingerprint density at radius 2 is 1.47 bits per heavy atom. The Morgan fingerprint density at radius 3 is 1.90 bits per heavy atom. The maximum absolute atomic E-state index is 8.91. The molecule has 2 unspecified atom stereocenters. The van der Waals surface area contributed by atoms with Crippen LogP contribution in [0.3, 0.4) is 0 Å². The van der Waals surface area contributed by atoms with Crippen molar-refractivity contribution in [2.75, 3.05) is 13.1 Å². The van der Waals surface area contributed by atoms with Crippen molar-refractivity contribution in [1.29, 1.82) is 10.5 Å². The second-order valence-electron chi connectivity index (χ2n) is 8.43. The zero-order valence-electron chi connectivity index (χ0n) is 19.6. The van der Waals surface area contributed by atoms with Gasteiger partial charge < -0.3 is 14.4 Å². The first kappa shape index (κ1) is 25.9. The third-order valence-corrected chi connectivity index (χ3v) is 6.21. The van der Waals surface area contributed by atoms with Crippen LogP contribution in [-0.2, 0) is 9.47 Å². The van der Waals surface area contributed by atoms with E-state index in [9.17, 15) is 0 Å². The Labute approximate surface area is 184 Å². The van der Waals surface area contributed by atoms with Crippen molar-refractivity contribution in [1.82, 2.24) is 4.90 Å². The zero-order valence-corrected chi connectivity index (χ0v) is 19.6. The summed E-state index contributed by atoms with van der Waals surface area (Å²) >= 11 is 0. The average Bonchev–Trinajstić information content (AvgIpc) is 2.78. The lowest BCUT2D eigenvalue weighted by Crippen LogP contribution is -2.34. The third kappa shape index (κ3) is 9.12. The van der Waals surface area contributed by atoms with E-state index in [2.05, 4.69) is 38.7 Å². The molecule has 0 bridgehead atoms. The molecule has 1 rings (SSSR count). The fraction of sp³-hybridized carbons (Fsp3) is 0.760. The van der Waals surface area contributed by atoms with Gasteiger partial charge >= 0.3 is 5.95 Å². The van der Waals surface area contributed by atoms with Gasteiger partial charge in [-0.05, 0) is 50.0 Å². The summed E-state index contributed by atoms with van der Waals surface area (Å²) in [6, 6.07) is 0. The van der Waals surface area contributed by atoms with Crippen LogP contribution < -0.4 is 0 Å². The van der Waals surface area contributed by atoms with Gasteiger partial charge in [0.1, 0.15) is 0 Å². The van der Waals surface area contributed by atoms with Crippen LogP contribution in [0.25, 0.3) is 0 Å². The van der Waals surface area contributed by atoms with Crippen LogP contribution in [0.1, 0.15) is 98.3 Å². The first-order chi connectivity index (χ1) is 14.6. The summed E-state index contributed by atoms with van der Waals surface area (Å²) in [5.74, 6) is 1.41. The number of unbranched alkanes of at least 4 members (excludes halogenated alkanes) is 2. The molecular weight excluding hydrogens is 374 g/mol. The van der Waals surface area contributed by atoms with E-state index in [0.29, 0.717) is 11.8 Å². The molecule has 0 heterocycles. The van der Waals surface area contributed by atoms with E-state index in [1.54, 1.807) is 12.5 Å². The summed E-state index contributed by atoms with van der Waals surface area (Å²) in [7, 11) is 0. The third-order valence-electron chi connectivity index (χ3n) is 6.21. The number of rotatable bonds is 15. The predicted octanol–water partition coefficient (Wildman–Crippen LogP) is 7.00. The summed E-state index contributed by atoms with van der Waals surface area (Å²) in [6.45, 7) is 11.3. The summed E-state index contributed by atoms with van der Waals surface area (Å²) < 4.78 is 9.88. The Hall–Kier alpha value is -2.14. The number of allylic oxidation sites excluding steroid dienone is 3. The first-order valence-electron chi connectivity index (χ1n) is 11.9. The van der Waals surface area contributed by atoms with Gasteiger partial charge in [0.25, 0.3) is 12.5 Å². The van der Waals surface area contributed by atoms with Gasteiger partial charge in [-0.3, -0.25) is 0 Å². The number of ether oxygens (including phenoxy) is 2. The Balaban J connectivity index is 3.15. The van der Waals surface area contributed by atoms with Gasteiger partial charge in [-0.15, -0.1) is 10.5 Å². The van der Waals surface area contributed by atoms with Crippen molar-refractivity contribution in [2.45, 2.75) is 98.3 Å². The molecule has 5 nitrogen and oxygen atoms in total. The summed E-state index contributed by atoms with van der Waals surface area (Å²) in [5, 5.41) is 17.8. The standard InChI is InChI=1S/C25H41N3O2/c1-5-9-12-21(7-3)17-28(18-22(8-4)13-10-6-2)24-15-11-14-23(16-24)25(29-19-26)30-20-27/h16,21-22H,5-15,17-18H2,1-4H3. The van der Waals surface area contributed by atoms with Crippen LogP contribution in [0.15, 0.2) is 23.3 Å². The molecule has 0 saturated heterocycles. The second-order valence-corrected chi connectivity index (χ2v) is 8.43. The Morgan fingerprint density at radius 1 is 0.933 bits per heavy atom. The van der Waals surface area contributed by atoms with Crippen molar-refractivity contribution in [3.8, 4) is 12.5 Å². The molecule has 0 aromatic heterocycles. The summed E-state index contributed by atoms with van der Waals surface area (Å²) in [5.41, 5.74) is 2.11. The van der Waals surface area contributed by atoms with Crippen LogP contribution in [-0.4, -0.2) is 18.0 Å². The number of nitriles is 2. The molecule has 0 amide bonds. The van der Waals surface area contributed by atoms with Crippen molar-refractivity contribution in [2.24, 2.45) is 11.8 Å². The molecule has 1 aliphatic rings. The van der Waals surface area contributed by atoms with Crippen LogP contribution in [0.5, 0.6) is 0 Å². The maximum atomic E-state index is 8.91. The smallest absolute Gasteiger partial charge is 0.315 e. The molecule has 0 fully saturated rings. The van der Waals surface area contributed by atoms with Crippen molar-refractivity contribution < 1.29 is 9.47 Å². The van der Waals surface area contributed by atoms with Gasteiger partial charge in [0.05, 0.1) is 0 Å². The van der Waals surface area contributed by atoms with E-state index in [4.69, 9.17) is 20.0 Å². The average molecular weight is 416 g/mol. The van der Waals surface area contributed by atoms with E-state index in [1.807, 2.05) is 0 Å². The highest BCUT2D eigenvalue weighted by molar-refractivity contribution is 5.28. The molecule has 0 spiro atoms. The molecule has 2 atom stereocenters. The molecule has 5 heteroatoms. The summed E-state index contributed by atoms with van der Waals surface area (Å²) in [4.78, 5) is 2.59. The van der Waals surface area contributed by atoms with Gasteiger partial charge in [-0.1, -0.05) is 66.2 Å². The minimum atomic E-state index is 0.0354.